The van der Waals surface area contributed by atoms with Gasteiger partial charge in [0, 0.05) is 25.4 Å². The minimum atomic E-state index is -3.93. The fourth-order valence-electron chi connectivity index (χ4n) is 6.65. The highest BCUT2D eigenvalue weighted by Gasteiger charge is 2.33. The Hall–Kier alpha value is -5.01. The van der Waals surface area contributed by atoms with Gasteiger partial charge in [-0.15, -0.1) is 0 Å². The number of amides is 1. The fraction of sp³-hybridized carbons (Fsp3) is 0.263. The first kappa shape index (κ1) is 33.5. The molecule has 5 aromatic rings. The summed E-state index contributed by atoms with van der Waals surface area (Å²) in [6.07, 6.45) is 2.21. The molecule has 0 saturated heterocycles. The largest absolute Gasteiger partial charge is 0.497 e. The first-order valence-electron chi connectivity index (χ1n) is 16.5. The van der Waals surface area contributed by atoms with E-state index >= 15 is 0 Å². The summed E-state index contributed by atoms with van der Waals surface area (Å²) >= 11 is 0. The standard InChI is InChI=1S/C38H38N4O7S/c1-47-27-13-15-28(16-14-27)50(45,46)42(17-19-43)18-20-48-37-23-26(30-9-6-10-31-29-8-3-2-7-25(29)21-32(30)31)22-35(49-37)38(44)39-24-36-40-33-11-4-5-12-34(33)41-36/h2-16,22,26,37,43H,17-21,23-24H2,1H3,(H,39,44)(H,40,41). The van der Waals surface area contributed by atoms with Crippen molar-refractivity contribution in [3.8, 4) is 16.9 Å². The highest BCUT2D eigenvalue weighted by atomic mass is 32.2. The van der Waals surface area contributed by atoms with Crippen molar-refractivity contribution in [1.82, 2.24) is 19.6 Å². The number of benzene rings is 4. The molecule has 0 saturated carbocycles. The number of aliphatic hydroxyl groups excluding tert-OH is 1. The number of aliphatic hydroxyl groups is 1. The Morgan fingerprint density at radius 1 is 1.00 bits per heavy atom. The topological polar surface area (TPSA) is 143 Å². The third-order valence-corrected chi connectivity index (χ3v) is 11.0. The molecule has 12 heteroatoms. The number of hydrogen-bond acceptors (Lipinski definition) is 8. The summed E-state index contributed by atoms with van der Waals surface area (Å²) in [7, 11) is -2.43. The van der Waals surface area contributed by atoms with Crippen molar-refractivity contribution in [2.75, 3.05) is 33.4 Å². The second-order valence-electron chi connectivity index (χ2n) is 12.2. The van der Waals surface area contributed by atoms with Crippen LogP contribution in [-0.4, -0.2) is 73.4 Å². The number of imidazole rings is 1. The third kappa shape index (κ3) is 6.88. The number of allylic oxidation sites excluding steroid dienone is 1. The number of carbonyl (C=O) groups is 1. The first-order chi connectivity index (χ1) is 24.3. The van der Waals surface area contributed by atoms with E-state index in [4.69, 9.17) is 14.2 Å². The number of nitrogens with one attached hydrogen (secondary N) is 2. The maximum absolute atomic E-state index is 13.6. The smallest absolute Gasteiger partial charge is 0.286 e. The normalized spacial score (nSPS) is 16.8. The number of hydrogen-bond donors (Lipinski definition) is 3. The Balaban J connectivity index is 1.10. The predicted octanol–water partition coefficient (Wildman–Crippen LogP) is 4.87. The van der Waals surface area contributed by atoms with E-state index in [0.29, 0.717) is 18.0 Å². The van der Waals surface area contributed by atoms with Crippen molar-refractivity contribution in [2.24, 2.45) is 0 Å². The third-order valence-electron chi connectivity index (χ3n) is 9.11. The molecule has 1 aromatic heterocycles. The van der Waals surface area contributed by atoms with Crippen molar-refractivity contribution >= 4 is 27.0 Å². The molecule has 2 atom stereocenters. The number of fused-ring (bicyclic) bond motifs is 4. The molecule has 2 aliphatic rings. The van der Waals surface area contributed by atoms with Crippen LogP contribution in [-0.2, 0) is 37.3 Å². The summed E-state index contributed by atoms with van der Waals surface area (Å²) < 4.78 is 45.5. The van der Waals surface area contributed by atoms with E-state index in [1.54, 1.807) is 12.1 Å². The van der Waals surface area contributed by atoms with E-state index in [1.807, 2.05) is 48.5 Å². The molecule has 0 radical (unpaired) electrons. The van der Waals surface area contributed by atoms with E-state index in [-0.39, 0.29) is 49.4 Å². The van der Waals surface area contributed by atoms with Gasteiger partial charge in [-0.1, -0.05) is 54.6 Å². The molecular formula is C38H38N4O7S. The molecule has 11 nitrogen and oxygen atoms in total. The lowest BCUT2D eigenvalue weighted by atomic mass is 9.87. The number of rotatable bonds is 13. The van der Waals surface area contributed by atoms with Gasteiger partial charge >= 0.3 is 0 Å². The lowest BCUT2D eigenvalue weighted by molar-refractivity contribution is -0.146. The van der Waals surface area contributed by atoms with Crippen LogP contribution >= 0.6 is 0 Å². The maximum atomic E-state index is 13.6. The van der Waals surface area contributed by atoms with Crippen molar-refractivity contribution in [3.63, 3.8) is 0 Å². The number of methoxy groups -OCH3 is 1. The zero-order valence-electron chi connectivity index (χ0n) is 27.5. The van der Waals surface area contributed by atoms with Crippen molar-refractivity contribution in [1.29, 1.82) is 0 Å². The number of nitrogens with zero attached hydrogens (tertiary/aromatic N) is 2. The van der Waals surface area contributed by atoms with E-state index in [9.17, 15) is 18.3 Å². The van der Waals surface area contributed by atoms with E-state index in [0.717, 1.165) is 23.0 Å². The summed E-state index contributed by atoms with van der Waals surface area (Å²) in [5.74, 6) is 0.642. The SMILES string of the molecule is COc1ccc(S(=O)(=O)N(CCO)CCOC2CC(c3cccc4c3Cc3ccccc3-4)C=C(C(=O)NCc3nc4ccccc4[nH]3)O2)cc1. The van der Waals surface area contributed by atoms with Gasteiger partial charge in [-0.3, -0.25) is 4.79 Å². The summed E-state index contributed by atoms with van der Waals surface area (Å²) in [5.41, 5.74) is 7.61. The monoisotopic (exact) mass is 694 g/mol. The first-order valence-corrected chi connectivity index (χ1v) is 17.9. The molecule has 1 aliphatic carbocycles. The number of ether oxygens (including phenoxy) is 3. The number of H-pyrrole nitrogens is 1. The van der Waals surface area contributed by atoms with Crippen LogP contribution in [0.5, 0.6) is 5.75 Å². The van der Waals surface area contributed by atoms with Crippen molar-refractivity contribution in [2.45, 2.75) is 36.5 Å². The van der Waals surface area contributed by atoms with Gasteiger partial charge in [-0.05, 0) is 76.7 Å². The van der Waals surface area contributed by atoms with Gasteiger partial charge in [0.2, 0.25) is 16.3 Å². The number of aromatic nitrogens is 2. The number of sulfonamides is 1. The Labute approximate surface area is 290 Å². The molecule has 2 heterocycles. The van der Waals surface area contributed by atoms with Crippen LogP contribution < -0.4 is 10.1 Å². The van der Waals surface area contributed by atoms with Crippen LogP contribution in [0.4, 0.5) is 0 Å². The van der Waals surface area contributed by atoms with Gasteiger partial charge in [0.15, 0.2) is 5.76 Å². The Kier molecular flexibility index (Phi) is 9.68. The molecular weight excluding hydrogens is 657 g/mol. The quantitative estimate of drug-likeness (QED) is 0.155. The second-order valence-corrected chi connectivity index (χ2v) is 14.1. The van der Waals surface area contributed by atoms with E-state index < -0.39 is 22.2 Å². The van der Waals surface area contributed by atoms with Crippen molar-refractivity contribution in [3.05, 3.63) is 125 Å². The molecule has 7 rings (SSSR count). The second kappa shape index (κ2) is 14.5. The molecule has 258 valence electrons. The Morgan fingerprint density at radius 2 is 1.78 bits per heavy atom. The minimum absolute atomic E-state index is 0.0288. The fourth-order valence-corrected chi connectivity index (χ4v) is 8.07. The molecule has 50 heavy (non-hydrogen) atoms. The van der Waals surface area contributed by atoms with E-state index in [2.05, 4.69) is 39.6 Å². The molecule has 4 aromatic carbocycles. The van der Waals surface area contributed by atoms with Crippen LogP contribution in [0.25, 0.3) is 22.2 Å². The lowest BCUT2D eigenvalue weighted by Crippen LogP contribution is -2.38. The van der Waals surface area contributed by atoms with Gasteiger partial charge in [-0.2, -0.15) is 4.31 Å². The van der Waals surface area contributed by atoms with Gasteiger partial charge in [0.1, 0.15) is 11.6 Å². The highest BCUT2D eigenvalue weighted by molar-refractivity contribution is 7.89. The van der Waals surface area contributed by atoms with Crippen LogP contribution in [0.1, 0.15) is 34.9 Å². The number of carbonyl (C=O) groups excluding carboxylic acids is 1. The Bertz CT molecular complexity index is 2110. The molecule has 0 bridgehead atoms. The summed E-state index contributed by atoms with van der Waals surface area (Å²) in [5, 5.41) is 12.6. The van der Waals surface area contributed by atoms with Crippen LogP contribution in [0.3, 0.4) is 0 Å². The molecule has 0 spiro atoms. The average molecular weight is 695 g/mol. The lowest BCUT2D eigenvalue weighted by Gasteiger charge is -2.31. The molecule has 2 unspecified atom stereocenters. The van der Waals surface area contributed by atoms with Crippen molar-refractivity contribution < 1.29 is 32.5 Å². The summed E-state index contributed by atoms with van der Waals surface area (Å²) in [6.45, 7) is -0.374. The molecule has 1 amide bonds. The van der Waals surface area contributed by atoms with Gasteiger partial charge < -0.3 is 29.6 Å². The zero-order chi connectivity index (χ0) is 34.7. The summed E-state index contributed by atoms with van der Waals surface area (Å²) in [6, 6.07) is 28.3. The number of para-hydroxylation sites is 2. The Morgan fingerprint density at radius 3 is 2.58 bits per heavy atom. The zero-order valence-corrected chi connectivity index (χ0v) is 28.4. The molecule has 0 fully saturated rings. The maximum Gasteiger partial charge on any atom is 0.286 e. The van der Waals surface area contributed by atoms with Gasteiger partial charge in [0.25, 0.3) is 5.91 Å². The van der Waals surface area contributed by atoms with Crippen LogP contribution in [0.2, 0.25) is 0 Å². The number of aromatic amines is 1. The highest BCUT2D eigenvalue weighted by Crippen LogP contribution is 2.43. The van der Waals surface area contributed by atoms with Gasteiger partial charge in [-0.25, -0.2) is 13.4 Å². The summed E-state index contributed by atoms with van der Waals surface area (Å²) in [4.78, 5) is 21.5. The molecule has 3 N–H and O–H groups in total. The average Bonchev–Trinajstić information content (AvgIpc) is 3.74. The van der Waals surface area contributed by atoms with Crippen LogP contribution in [0.15, 0.2) is 108 Å². The molecule has 1 aliphatic heterocycles. The minimum Gasteiger partial charge on any atom is -0.497 e. The van der Waals surface area contributed by atoms with Gasteiger partial charge in [0.05, 0.1) is 42.8 Å². The van der Waals surface area contributed by atoms with Crippen LogP contribution in [0, 0.1) is 0 Å². The predicted molar refractivity (Wildman–Crippen MR) is 188 cm³/mol. The van der Waals surface area contributed by atoms with E-state index in [1.165, 1.54) is 45.8 Å².